The maximum Gasteiger partial charge on any atom is 0.172 e. The molecule has 4 heterocycles. The van der Waals surface area contributed by atoms with E-state index in [1.807, 2.05) is 24.7 Å². The minimum absolute atomic E-state index is 0.413. The number of aromatic nitrogens is 3. The molecule has 0 saturated carbocycles. The Balaban J connectivity index is 1.68. The van der Waals surface area contributed by atoms with Gasteiger partial charge in [-0.05, 0) is 30.5 Å². The Labute approximate surface area is 118 Å². The Morgan fingerprint density at radius 1 is 1.35 bits per heavy atom. The molecule has 2 aromatic rings. The summed E-state index contributed by atoms with van der Waals surface area (Å²) in [6.45, 7) is 3.87. The van der Waals surface area contributed by atoms with Crippen LogP contribution in [-0.4, -0.2) is 34.0 Å². The van der Waals surface area contributed by atoms with Crippen molar-refractivity contribution in [2.45, 2.75) is 31.8 Å². The summed E-state index contributed by atoms with van der Waals surface area (Å²) >= 11 is 0. The van der Waals surface area contributed by atoms with Crippen LogP contribution in [0.2, 0.25) is 0 Å². The van der Waals surface area contributed by atoms with E-state index >= 15 is 0 Å². The lowest BCUT2D eigenvalue weighted by Crippen LogP contribution is -2.39. The van der Waals surface area contributed by atoms with E-state index in [4.69, 9.17) is 4.74 Å². The van der Waals surface area contributed by atoms with Crippen LogP contribution < -0.4 is 9.64 Å². The number of aryl methyl sites for hydroxylation is 1. The van der Waals surface area contributed by atoms with Crippen molar-refractivity contribution in [2.24, 2.45) is 0 Å². The molecule has 2 aliphatic rings. The molecule has 0 aromatic carbocycles. The summed E-state index contributed by atoms with van der Waals surface area (Å²) in [5.41, 5.74) is 1.25. The van der Waals surface area contributed by atoms with Gasteiger partial charge in [0.2, 0.25) is 0 Å². The van der Waals surface area contributed by atoms with Gasteiger partial charge < -0.3 is 9.64 Å². The lowest BCUT2D eigenvalue weighted by Gasteiger charge is -2.33. The minimum Gasteiger partial charge on any atom is -0.487 e. The van der Waals surface area contributed by atoms with E-state index in [2.05, 4.69) is 32.7 Å². The Morgan fingerprint density at radius 2 is 2.30 bits per heavy atom. The van der Waals surface area contributed by atoms with Crippen molar-refractivity contribution in [1.29, 1.82) is 0 Å². The first-order chi connectivity index (χ1) is 9.86. The fourth-order valence-corrected chi connectivity index (χ4v) is 3.29. The third-order valence-electron chi connectivity index (χ3n) is 4.33. The second-order valence-corrected chi connectivity index (χ2v) is 5.47. The van der Waals surface area contributed by atoms with Crippen LogP contribution in [0, 0.1) is 0 Å². The molecule has 0 N–H and O–H groups in total. The SMILES string of the molecule is CCc1ccnc2c1OCC1CC(n3cccn3)CN21. The molecule has 5 nitrogen and oxygen atoms in total. The van der Waals surface area contributed by atoms with Crippen LogP contribution in [-0.2, 0) is 6.42 Å². The Hall–Kier alpha value is -2.04. The van der Waals surface area contributed by atoms with Gasteiger partial charge in [-0.1, -0.05) is 6.92 Å². The molecule has 2 aliphatic heterocycles. The zero-order valence-corrected chi connectivity index (χ0v) is 11.6. The summed E-state index contributed by atoms with van der Waals surface area (Å²) in [4.78, 5) is 6.95. The van der Waals surface area contributed by atoms with Crippen LogP contribution in [0.5, 0.6) is 5.75 Å². The molecule has 0 spiro atoms. The molecule has 104 valence electrons. The average Bonchev–Trinajstić information content (AvgIpc) is 3.14. The number of anilines is 1. The van der Waals surface area contributed by atoms with Gasteiger partial charge in [0.1, 0.15) is 6.61 Å². The highest BCUT2D eigenvalue weighted by atomic mass is 16.5. The van der Waals surface area contributed by atoms with Gasteiger partial charge in [0, 0.05) is 25.1 Å². The summed E-state index contributed by atoms with van der Waals surface area (Å²) in [5.74, 6) is 1.99. The lowest BCUT2D eigenvalue weighted by atomic mass is 10.1. The van der Waals surface area contributed by atoms with Gasteiger partial charge in [0.25, 0.3) is 0 Å². The number of nitrogens with zero attached hydrogens (tertiary/aromatic N) is 4. The van der Waals surface area contributed by atoms with Crippen molar-refractivity contribution >= 4 is 5.82 Å². The first-order valence-corrected chi connectivity index (χ1v) is 7.23. The van der Waals surface area contributed by atoms with Crippen molar-refractivity contribution in [3.8, 4) is 5.75 Å². The van der Waals surface area contributed by atoms with Crippen LogP contribution in [0.4, 0.5) is 5.82 Å². The molecule has 0 radical (unpaired) electrons. The fraction of sp³-hybridized carbons (Fsp3) is 0.467. The van der Waals surface area contributed by atoms with E-state index < -0.39 is 0 Å². The van der Waals surface area contributed by atoms with Crippen molar-refractivity contribution in [3.05, 3.63) is 36.3 Å². The minimum atomic E-state index is 0.413. The molecular formula is C15H18N4O. The predicted molar refractivity (Wildman–Crippen MR) is 76.1 cm³/mol. The summed E-state index contributed by atoms with van der Waals surface area (Å²) in [5, 5.41) is 4.37. The second kappa shape index (κ2) is 4.51. The second-order valence-electron chi connectivity index (χ2n) is 5.47. The highest BCUT2D eigenvalue weighted by molar-refractivity contribution is 5.59. The number of pyridine rings is 1. The fourth-order valence-electron chi connectivity index (χ4n) is 3.29. The zero-order chi connectivity index (χ0) is 13.5. The molecule has 20 heavy (non-hydrogen) atoms. The maximum atomic E-state index is 5.99. The molecule has 5 heteroatoms. The number of hydrogen-bond acceptors (Lipinski definition) is 4. The molecule has 4 rings (SSSR count). The van der Waals surface area contributed by atoms with E-state index in [1.165, 1.54) is 5.56 Å². The Bertz CT molecular complexity index is 610. The van der Waals surface area contributed by atoms with E-state index in [0.717, 1.165) is 37.6 Å². The van der Waals surface area contributed by atoms with Gasteiger partial charge in [0.15, 0.2) is 11.6 Å². The van der Waals surface area contributed by atoms with Crippen LogP contribution in [0.3, 0.4) is 0 Å². The van der Waals surface area contributed by atoms with E-state index in [1.54, 1.807) is 0 Å². The van der Waals surface area contributed by atoms with Crippen LogP contribution >= 0.6 is 0 Å². The predicted octanol–water partition coefficient (Wildman–Crippen LogP) is 2.05. The van der Waals surface area contributed by atoms with Crippen molar-refractivity contribution in [1.82, 2.24) is 14.8 Å². The molecule has 0 amide bonds. The van der Waals surface area contributed by atoms with Crippen molar-refractivity contribution in [3.63, 3.8) is 0 Å². The van der Waals surface area contributed by atoms with E-state index in [0.29, 0.717) is 12.1 Å². The maximum absolute atomic E-state index is 5.99. The molecule has 2 aromatic heterocycles. The highest BCUT2D eigenvalue weighted by Crippen LogP contribution is 2.41. The standard InChI is InChI=1S/C15H18N4O/c1-2-11-4-6-16-15-14(11)20-10-13-8-12(9-18(13)15)19-7-3-5-17-19/h3-7,12-13H,2,8-10H2,1H3. The first kappa shape index (κ1) is 11.8. The molecule has 0 aliphatic carbocycles. The number of hydrogen-bond donors (Lipinski definition) is 0. The van der Waals surface area contributed by atoms with Gasteiger partial charge >= 0.3 is 0 Å². The Kier molecular flexibility index (Phi) is 2.65. The van der Waals surface area contributed by atoms with Gasteiger partial charge in [-0.15, -0.1) is 0 Å². The normalized spacial score (nSPS) is 24.1. The van der Waals surface area contributed by atoms with Gasteiger partial charge in [-0.2, -0.15) is 5.10 Å². The number of rotatable bonds is 2. The monoisotopic (exact) mass is 270 g/mol. The lowest BCUT2D eigenvalue weighted by molar-refractivity contribution is 0.264. The third kappa shape index (κ3) is 1.69. The summed E-state index contributed by atoms with van der Waals surface area (Å²) in [7, 11) is 0. The van der Waals surface area contributed by atoms with Crippen LogP contribution in [0.1, 0.15) is 24.9 Å². The van der Waals surface area contributed by atoms with E-state index in [9.17, 15) is 0 Å². The topological polar surface area (TPSA) is 43.2 Å². The van der Waals surface area contributed by atoms with E-state index in [-0.39, 0.29) is 0 Å². The largest absolute Gasteiger partial charge is 0.487 e. The van der Waals surface area contributed by atoms with Gasteiger partial charge in [-0.3, -0.25) is 4.68 Å². The van der Waals surface area contributed by atoms with Crippen molar-refractivity contribution < 1.29 is 4.74 Å². The van der Waals surface area contributed by atoms with Crippen molar-refractivity contribution in [2.75, 3.05) is 18.1 Å². The molecular weight excluding hydrogens is 252 g/mol. The van der Waals surface area contributed by atoms with Gasteiger partial charge in [0.05, 0.1) is 12.1 Å². The number of fused-ring (bicyclic) bond motifs is 3. The first-order valence-electron chi connectivity index (χ1n) is 7.23. The highest BCUT2D eigenvalue weighted by Gasteiger charge is 2.39. The molecule has 1 fully saturated rings. The smallest absolute Gasteiger partial charge is 0.172 e. The Morgan fingerprint density at radius 3 is 3.10 bits per heavy atom. The van der Waals surface area contributed by atoms with Gasteiger partial charge in [-0.25, -0.2) is 4.98 Å². The molecule has 1 saturated heterocycles. The number of ether oxygens (including phenoxy) is 1. The zero-order valence-electron chi connectivity index (χ0n) is 11.6. The van der Waals surface area contributed by atoms with Crippen LogP contribution in [0.25, 0.3) is 0 Å². The quantitative estimate of drug-likeness (QED) is 0.837. The molecule has 2 unspecified atom stereocenters. The molecule has 2 atom stereocenters. The van der Waals surface area contributed by atoms with Crippen LogP contribution in [0.15, 0.2) is 30.7 Å². The summed E-state index contributed by atoms with van der Waals surface area (Å²) in [6.07, 6.45) is 7.83. The summed E-state index contributed by atoms with van der Waals surface area (Å²) < 4.78 is 8.05. The average molecular weight is 270 g/mol. The third-order valence-corrected chi connectivity index (χ3v) is 4.33. The summed E-state index contributed by atoms with van der Waals surface area (Å²) in [6, 6.07) is 4.86. The molecule has 0 bridgehead atoms.